The van der Waals surface area contributed by atoms with E-state index in [2.05, 4.69) is 15.3 Å². The van der Waals surface area contributed by atoms with E-state index in [1.807, 2.05) is 4.90 Å². The first kappa shape index (κ1) is 19.9. The second kappa shape index (κ2) is 8.05. The molecule has 0 unspecified atom stereocenters. The van der Waals surface area contributed by atoms with Crippen LogP contribution in [0.5, 0.6) is 0 Å². The van der Waals surface area contributed by atoms with Crippen LogP contribution in [0.4, 0.5) is 5.13 Å². The van der Waals surface area contributed by atoms with Crippen LogP contribution in [0.15, 0.2) is 0 Å². The molecule has 27 heavy (non-hydrogen) atoms. The van der Waals surface area contributed by atoms with E-state index >= 15 is 0 Å². The number of thiazole rings is 1. The number of carbonyl (C=O) groups is 2. The molecule has 5 N–H and O–H groups in total. The highest BCUT2D eigenvalue weighted by molar-refractivity contribution is 7.17. The summed E-state index contributed by atoms with van der Waals surface area (Å²) < 4.78 is 0. The number of anilines is 1. The van der Waals surface area contributed by atoms with Crippen molar-refractivity contribution < 1.29 is 14.7 Å². The number of nitrogens with one attached hydrogen (secondary N) is 2. The van der Waals surface area contributed by atoms with E-state index in [0.717, 1.165) is 11.3 Å². The molecule has 0 bridgehead atoms. The number of carbonyl (C=O) groups excluding carboxylic acids is 1. The van der Waals surface area contributed by atoms with Gasteiger partial charge in [-0.05, 0) is 19.8 Å². The van der Waals surface area contributed by atoms with E-state index in [4.69, 9.17) is 28.9 Å². The molecule has 2 aromatic rings. The molecular weight excluding hydrogens is 413 g/mol. The van der Waals surface area contributed by atoms with Crippen LogP contribution in [0.3, 0.4) is 0 Å². The van der Waals surface area contributed by atoms with E-state index in [1.54, 1.807) is 6.92 Å². The fourth-order valence-electron chi connectivity index (χ4n) is 2.98. The number of nitrogens with two attached hydrogens (primary N) is 1. The standard InChI is InChI=1S/C16H19Cl2N5O3S/c1-7-10(17)11(18)12(20-7)14(24)21-8-2-4-23(5-3-8)16-22-9(6-19)13(27-16)15(25)26/h8,20H,2-6,19H2,1H3,(H,21,24)(H,25,26). The zero-order valence-electron chi connectivity index (χ0n) is 14.5. The Labute approximate surface area is 169 Å². The van der Waals surface area contributed by atoms with E-state index in [-0.39, 0.29) is 34.1 Å². The van der Waals surface area contributed by atoms with Crippen LogP contribution in [-0.4, -0.2) is 46.1 Å². The third-order valence-corrected chi connectivity index (χ3v) is 6.55. The molecule has 1 amide bonds. The lowest BCUT2D eigenvalue weighted by Crippen LogP contribution is -2.44. The van der Waals surface area contributed by atoms with Gasteiger partial charge in [0.25, 0.3) is 5.91 Å². The average Bonchev–Trinajstić information content (AvgIpc) is 3.19. The molecule has 0 aromatic carbocycles. The van der Waals surface area contributed by atoms with Crippen molar-refractivity contribution in [3.05, 3.63) is 32.0 Å². The first-order valence-corrected chi connectivity index (χ1v) is 9.91. The van der Waals surface area contributed by atoms with Gasteiger partial charge in [0.15, 0.2) is 5.13 Å². The lowest BCUT2D eigenvalue weighted by Gasteiger charge is -2.32. The van der Waals surface area contributed by atoms with Crippen molar-refractivity contribution in [2.24, 2.45) is 5.73 Å². The molecule has 8 nitrogen and oxygen atoms in total. The molecule has 1 saturated heterocycles. The summed E-state index contributed by atoms with van der Waals surface area (Å²) in [6.45, 7) is 3.14. The minimum atomic E-state index is -1.02. The molecule has 0 spiro atoms. The van der Waals surface area contributed by atoms with Crippen LogP contribution in [0, 0.1) is 6.92 Å². The van der Waals surface area contributed by atoms with Crippen molar-refractivity contribution in [3.63, 3.8) is 0 Å². The van der Waals surface area contributed by atoms with Gasteiger partial charge in [0.2, 0.25) is 0 Å². The maximum atomic E-state index is 12.4. The maximum Gasteiger partial charge on any atom is 0.347 e. The number of aryl methyl sites for hydroxylation is 1. The second-order valence-electron chi connectivity index (χ2n) is 6.27. The van der Waals surface area contributed by atoms with Crippen LogP contribution in [-0.2, 0) is 6.54 Å². The summed E-state index contributed by atoms with van der Waals surface area (Å²) in [5.41, 5.74) is 6.89. The summed E-state index contributed by atoms with van der Waals surface area (Å²) in [6.07, 6.45) is 1.41. The number of H-pyrrole nitrogens is 1. The summed E-state index contributed by atoms with van der Waals surface area (Å²) in [5, 5.41) is 13.4. The summed E-state index contributed by atoms with van der Waals surface area (Å²) in [5.74, 6) is -1.31. The monoisotopic (exact) mass is 431 g/mol. The van der Waals surface area contributed by atoms with Crippen molar-refractivity contribution in [3.8, 4) is 0 Å². The number of aromatic carboxylic acids is 1. The van der Waals surface area contributed by atoms with Crippen LogP contribution in [0.1, 0.15) is 44.4 Å². The number of halogens is 2. The Kier molecular flexibility index (Phi) is 5.95. The van der Waals surface area contributed by atoms with E-state index in [1.165, 1.54) is 0 Å². The molecule has 0 radical (unpaired) electrons. The number of amides is 1. The predicted molar refractivity (Wildman–Crippen MR) is 105 cm³/mol. The number of hydrogen-bond acceptors (Lipinski definition) is 6. The Bertz CT molecular complexity index is 874. The second-order valence-corrected chi connectivity index (χ2v) is 8.00. The molecule has 146 valence electrons. The van der Waals surface area contributed by atoms with Gasteiger partial charge < -0.3 is 26.0 Å². The normalized spacial score (nSPS) is 15.2. The fourth-order valence-corrected chi connectivity index (χ4v) is 4.38. The van der Waals surface area contributed by atoms with Crippen molar-refractivity contribution in [2.45, 2.75) is 32.4 Å². The lowest BCUT2D eigenvalue weighted by molar-refractivity contribution is 0.0700. The molecule has 0 aliphatic carbocycles. The Morgan fingerprint density at radius 3 is 2.52 bits per heavy atom. The molecular formula is C16H19Cl2N5O3S. The van der Waals surface area contributed by atoms with Gasteiger partial charge >= 0.3 is 5.97 Å². The van der Waals surface area contributed by atoms with Gasteiger partial charge in [-0.15, -0.1) is 0 Å². The third-order valence-electron chi connectivity index (χ3n) is 4.46. The Morgan fingerprint density at radius 2 is 2.04 bits per heavy atom. The lowest BCUT2D eigenvalue weighted by atomic mass is 10.1. The molecule has 1 aliphatic heterocycles. The van der Waals surface area contributed by atoms with Crippen LogP contribution >= 0.6 is 34.5 Å². The van der Waals surface area contributed by atoms with Gasteiger partial charge in [-0.2, -0.15) is 0 Å². The zero-order valence-corrected chi connectivity index (χ0v) is 16.8. The van der Waals surface area contributed by atoms with Gasteiger partial charge in [-0.1, -0.05) is 34.5 Å². The topological polar surface area (TPSA) is 124 Å². The van der Waals surface area contributed by atoms with Gasteiger partial charge in [-0.3, -0.25) is 4.79 Å². The largest absolute Gasteiger partial charge is 0.477 e. The third kappa shape index (κ3) is 4.06. The number of piperidine rings is 1. The highest BCUT2D eigenvalue weighted by Gasteiger charge is 2.26. The number of aromatic amines is 1. The van der Waals surface area contributed by atoms with Crippen molar-refractivity contribution in [1.29, 1.82) is 0 Å². The van der Waals surface area contributed by atoms with Crippen molar-refractivity contribution in [1.82, 2.24) is 15.3 Å². The molecule has 2 aromatic heterocycles. The number of rotatable bonds is 5. The fraction of sp³-hybridized carbons (Fsp3) is 0.438. The van der Waals surface area contributed by atoms with Gasteiger partial charge in [0.05, 0.1) is 15.7 Å². The summed E-state index contributed by atoms with van der Waals surface area (Å²) in [7, 11) is 0. The quantitative estimate of drug-likeness (QED) is 0.576. The van der Waals surface area contributed by atoms with Gasteiger partial charge in [0.1, 0.15) is 10.6 Å². The molecule has 0 saturated carbocycles. The minimum Gasteiger partial charge on any atom is -0.477 e. The first-order chi connectivity index (χ1) is 12.8. The molecule has 3 heterocycles. The Morgan fingerprint density at radius 1 is 1.37 bits per heavy atom. The highest BCUT2D eigenvalue weighted by atomic mass is 35.5. The minimum absolute atomic E-state index is 0.0138. The smallest absolute Gasteiger partial charge is 0.347 e. The first-order valence-electron chi connectivity index (χ1n) is 8.34. The average molecular weight is 432 g/mol. The number of hydrogen-bond donors (Lipinski definition) is 4. The number of carboxylic acid groups (broad SMARTS) is 1. The summed E-state index contributed by atoms with van der Waals surface area (Å²) in [4.78, 5) is 33.1. The molecule has 3 rings (SSSR count). The Balaban J connectivity index is 1.61. The van der Waals surface area contributed by atoms with Crippen molar-refractivity contribution in [2.75, 3.05) is 18.0 Å². The van der Waals surface area contributed by atoms with Crippen molar-refractivity contribution >= 4 is 51.5 Å². The molecule has 1 aliphatic rings. The summed E-state index contributed by atoms with van der Waals surface area (Å²) >= 11 is 13.2. The molecule has 1 fully saturated rings. The maximum absolute atomic E-state index is 12.4. The van der Waals surface area contributed by atoms with Crippen LogP contribution in [0.25, 0.3) is 0 Å². The van der Waals surface area contributed by atoms with Crippen LogP contribution < -0.4 is 16.0 Å². The molecule has 0 atom stereocenters. The molecule has 11 heteroatoms. The van der Waals surface area contributed by atoms with E-state index in [0.29, 0.717) is 47.5 Å². The van der Waals surface area contributed by atoms with Gasteiger partial charge in [0, 0.05) is 31.4 Å². The van der Waals surface area contributed by atoms with Gasteiger partial charge in [-0.25, -0.2) is 9.78 Å². The summed E-state index contributed by atoms with van der Waals surface area (Å²) in [6, 6.07) is -0.0138. The van der Waals surface area contributed by atoms with E-state index < -0.39 is 5.97 Å². The SMILES string of the molecule is Cc1[nH]c(C(=O)NC2CCN(c3nc(CN)c(C(=O)O)s3)CC2)c(Cl)c1Cl. The zero-order chi connectivity index (χ0) is 19.7. The number of carboxylic acids is 1. The predicted octanol–water partition coefficient (Wildman–Crippen LogP) is 2.64. The number of nitrogens with zero attached hydrogens (tertiary/aromatic N) is 2. The number of aromatic nitrogens is 2. The Hall–Kier alpha value is -1.81. The van der Waals surface area contributed by atoms with Crippen LogP contribution in [0.2, 0.25) is 10.0 Å². The van der Waals surface area contributed by atoms with E-state index in [9.17, 15) is 14.7 Å². The highest BCUT2D eigenvalue weighted by Crippen LogP contribution is 2.30.